The largest absolute Gasteiger partial charge is 0.487 e. The summed E-state index contributed by atoms with van der Waals surface area (Å²) in [5.74, 6) is 0.944. The Hall–Kier alpha value is -2.93. The Balaban J connectivity index is 1.64. The topological polar surface area (TPSA) is 101 Å². The number of benzene rings is 1. The van der Waals surface area contributed by atoms with Crippen LogP contribution in [-0.2, 0) is 4.79 Å². The van der Waals surface area contributed by atoms with Crippen LogP contribution in [0.4, 0.5) is 0 Å². The molecule has 1 aromatic heterocycles. The number of ether oxygens (including phenoxy) is 1. The van der Waals surface area contributed by atoms with Gasteiger partial charge in [0.25, 0.3) is 0 Å². The van der Waals surface area contributed by atoms with Crippen molar-refractivity contribution in [3.8, 4) is 5.75 Å². The highest BCUT2D eigenvalue weighted by molar-refractivity contribution is 5.80. The van der Waals surface area contributed by atoms with E-state index in [0.29, 0.717) is 5.75 Å². The molecule has 0 saturated heterocycles. The van der Waals surface area contributed by atoms with E-state index in [1.807, 2.05) is 37.3 Å². The smallest absolute Gasteiger partial charge is 0.244 e. The number of rotatable bonds is 6. The Bertz CT molecular complexity index is 809. The minimum atomic E-state index is -0.838. The average Bonchev–Trinajstić information content (AvgIpc) is 2.93. The maximum atomic E-state index is 11.3. The zero-order chi connectivity index (χ0) is 17.1. The van der Waals surface area contributed by atoms with Gasteiger partial charge in [-0.1, -0.05) is 0 Å². The zero-order valence-electron chi connectivity index (χ0n) is 13.2. The number of aliphatic hydroxyl groups excluding tert-OH is 1. The van der Waals surface area contributed by atoms with Crippen LogP contribution < -0.4 is 15.9 Å². The number of hydrazine groups is 1. The summed E-state index contributed by atoms with van der Waals surface area (Å²) in [5, 5.41) is 11.7. The third kappa shape index (κ3) is 3.36. The molecule has 1 aliphatic rings. The number of allylic oxidation sites excluding steroid dienone is 2. The number of primary amides is 1. The molecule has 0 bridgehead atoms. The van der Waals surface area contributed by atoms with E-state index in [9.17, 15) is 9.90 Å². The fraction of sp³-hybridized carbons (Fsp3) is 0.235. The van der Waals surface area contributed by atoms with Crippen molar-refractivity contribution in [1.82, 2.24) is 10.4 Å². The first kappa shape index (κ1) is 15.9. The molecule has 7 heteroatoms. The maximum absolute atomic E-state index is 11.3. The first-order valence-corrected chi connectivity index (χ1v) is 7.52. The van der Waals surface area contributed by atoms with E-state index in [0.717, 1.165) is 22.4 Å². The number of furan rings is 1. The molecular formula is C17H19N3O4. The minimum Gasteiger partial charge on any atom is -0.487 e. The molecule has 3 rings (SSSR count). The van der Waals surface area contributed by atoms with Gasteiger partial charge in [-0.25, -0.2) is 0 Å². The minimum absolute atomic E-state index is 0.278. The maximum Gasteiger partial charge on any atom is 0.244 e. The van der Waals surface area contributed by atoms with Crippen molar-refractivity contribution < 1.29 is 19.1 Å². The molecule has 1 amide bonds. The van der Waals surface area contributed by atoms with Crippen LogP contribution in [0.2, 0.25) is 0 Å². The van der Waals surface area contributed by atoms with Crippen molar-refractivity contribution in [3.63, 3.8) is 0 Å². The van der Waals surface area contributed by atoms with Gasteiger partial charge in [-0.2, -0.15) is 0 Å². The molecule has 0 radical (unpaired) electrons. The number of aliphatic hydroxyl groups is 1. The molecule has 24 heavy (non-hydrogen) atoms. The van der Waals surface area contributed by atoms with E-state index in [-0.39, 0.29) is 13.2 Å². The monoisotopic (exact) mass is 329 g/mol. The van der Waals surface area contributed by atoms with Gasteiger partial charge in [0.1, 0.15) is 23.7 Å². The second kappa shape index (κ2) is 6.67. The van der Waals surface area contributed by atoms with Gasteiger partial charge in [-0.05, 0) is 43.3 Å². The molecule has 1 aromatic carbocycles. The van der Waals surface area contributed by atoms with Crippen LogP contribution in [-0.4, -0.2) is 35.3 Å². The molecule has 4 N–H and O–H groups in total. The first-order valence-electron chi connectivity index (χ1n) is 7.52. The Morgan fingerprint density at radius 2 is 2.29 bits per heavy atom. The number of nitrogens with one attached hydrogen (secondary N) is 1. The fourth-order valence-corrected chi connectivity index (χ4v) is 2.47. The highest BCUT2D eigenvalue weighted by Crippen LogP contribution is 2.24. The van der Waals surface area contributed by atoms with Crippen LogP contribution in [0.3, 0.4) is 0 Å². The second-order valence-corrected chi connectivity index (χ2v) is 5.50. The van der Waals surface area contributed by atoms with Crippen LogP contribution in [0.15, 0.2) is 52.7 Å². The van der Waals surface area contributed by atoms with Gasteiger partial charge >= 0.3 is 0 Å². The predicted molar refractivity (Wildman–Crippen MR) is 88.7 cm³/mol. The van der Waals surface area contributed by atoms with Crippen LogP contribution in [0.5, 0.6) is 5.75 Å². The molecule has 0 fully saturated rings. The van der Waals surface area contributed by atoms with Crippen LogP contribution in [0.25, 0.3) is 11.0 Å². The van der Waals surface area contributed by atoms with Crippen molar-refractivity contribution in [2.75, 3.05) is 13.2 Å². The van der Waals surface area contributed by atoms with Crippen molar-refractivity contribution in [3.05, 3.63) is 54.1 Å². The van der Waals surface area contributed by atoms with E-state index in [2.05, 4.69) is 5.43 Å². The normalized spacial score (nSPS) is 15.1. The number of nitrogens with zero attached hydrogens (tertiary/aromatic N) is 1. The van der Waals surface area contributed by atoms with E-state index in [4.69, 9.17) is 14.9 Å². The summed E-state index contributed by atoms with van der Waals surface area (Å²) in [7, 11) is 0. The van der Waals surface area contributed by atoms with Crippen LogP contribution >= 0.6 is 0 Å². The van der Waals surface area contributed by atoms with Gasteiger partial charge in [0.05, 0.1) is 12.3 Å². The SMILES string of the molecule is Cc1cc2cc(OCC3=CC=CN([C@@H](CO)C(N)=O)N3)ccc2o1. The Labute approximate surface area is 138 Å². The molecule has 1 atom stereocenters. The summed E-state index contributed by atoms with van der Waals surface area (Å²) in [6.07, 6.45) is 5.21. The number of amides is 1. The summed E-state index contributed by atoms with van der Waals surface area (Å²) in [6, 6.07) is 6.71. The number of nitrogens with two attached hydrogens (primary N) is 1. The quantitative estimate of drug-likeness (QED) is 0.736. The van der Waals surface area contributed by atoms with Gasteiger partial charge in [0.2, 0.25) is 5.91 Å². The lowest BCUT2D eigenvalue weighted by Gasteiger charge is -2.31. The summed E-state index contributed by atoms with van der Waals surface area (Å²) >= 11 is 0. The lowest BCUT2D eigenvalue weighted by molar-refractivity contribution is -0.124. The van der Waals surface area contributed by atoms with Crippen molar-refractivity contribution in [1.29, 1.82) is 0 Å². The number of carbonyl (C=O) groups is 1. The Morgan fingerprint density at radius 3 is 3.04 bits per heavy atom. The number of carbonyl (C=O) groups excluding carboxylic acids is 1. The van der Waals surface area contributed by atoms with E-state index in [1.165, 1.54) is 5.01 Å². The van der Waals surface area contributed by atoms with Gasteiger partial charge in [0, 0.05) is 11.6 Å². The molecular weight excluding hydrogens is 310 g/mol. The lowest BCUT2D eigenvalue weighted by Crippen LogP contribution is -2.51. The molecule has 0 saturated carbocycles. The molecule has 1 aliphatic heterocycles. The molecule has 0 unspecified atom stereocenters. The van der Waals surface area contributed by atoms with E-state index in [1.54, 1.807) is 12.3 Å². The van der Waals surface area contributed by atoms with Crippen LogP contribution in [0, 0.1) is 6.92 Å². The molecule has 7 nitrogen and oxygen atoms in total. The highest BCUT2D eigenvalue weighted by atomic mass is 16.5. The standard InChI is InChI=1S/C17H19N3O4/c1-11-7-12-8-14(4-5-16(12)24-11)23-10-13-3-2-6-20(19-13)15(9-21)17(18)22/h2-8,15,19,21H,9-10H2,1H3,(H2,18,22)/t15-/m0/s1. The summed E-state index contributed by atoms with van der Waals surface area (Å²) in [4.78, 5) is 11.3. The predicted octanol–water partition coefficient (Wildman–Crippen LogP) is 1.18. The van der Waals surface area contributed by atoms with Gasteiger partial charge in [-0.15, -0.1) is 0 Å². The molecule has 2 heterocycles. The average molecular weight is 329 g/mol. The third-order valence-corrected chi connectivity index (χ3v) is 3.66. The van der Waals surface area contributed by atoms with Gasteiger partial charge in [-0.3, -0.25) is 15.2 Å². The molecule has 2 aromatic rings. The van der Waals surface area contributed by atoms with E-state index < -0.39 is 11.9 Å². The zero-order valence-corrected chi connectivity index (χ0v) is 13.2. The number of hydrogen-bond donors (Lipinski definition) is 3. The third-order valence-electron chi connectivity index (χ3n) is 3.66. The van der Waals surface area contributed by atoms with Crippen LogP contribution in [0.1, 0.15) is 5.76 Å². The Morgan fingerprint density at radius 1 is 1.46 bits per heavy atom. The fourth-order valence-electron chi connectivity index (χ4n) is 2.47. The summed E-state index contributed by atoms with van der Waals surface area (Å²) in [5.41, 5.74) is 9.82. The van der Waals surface area contributed by atoms with Gasteiger partial charge < -0.3 is 20.0 Å². The Kier molecular flexibility index (Phi) is 4.43. The van der Waals surface area contributed by atoms with Gasteiger partial charge in [0.15, 0.2) is 6.04 Å². The van der Waals surface area contributed by atoms with Crippen molar-refractivity contribution in [2.24, 2.45) is 5.73 Å². The second-order valence-electron chi connectivity index (χ2n) is 5.50. The first-order chi connectivity index (χ1) is 11.6. The molecule has 126 valence electrons. The highest BCUT2D eigenvalue weighted by Gasteiger charge is 2.22. The number of fused-ring (bicyclic) bond motifs is 1. The number of hydrogen-bond acceptors (Lipinski definition) is 6. The van der Waals surface area contributed by atoms with Crippen molar-refractivity contribution >= 4 is 16.9 Å². The summed E-state index contributed by atoms with van der Waals surface area (Å²) in [6.45, 7) is 1.80. The lowest BCUT2D eigenvalue weighted by atomic mass is 10.2. The molecule has 0 aliphatic carbocycles. The van der Waals surface area contributed by atoms with Crippen molar-refractivity contribution in [2.45, 2.75) is 13.0 Å². The van der Waals surface area contributed by atoms with E-state index >= 15 is 0 Å². The number of aryl methyl sites for hydroxylation is 1. The molecule has 0 spiro atoms. The summed E-state index contributed by atoms with van der Waals surface area (Å²) < 4.78 is 11.3.